The zero-order valence-electron chi connectivity index (χ0n) is 24.1. The quantitative estimate of drug-likeness (QED) is 0.241. The molecule has 2 unspecified atom stereocenters. The van der Waals surface area contributed by atoms with Gasteiger partial charge >= 0.3 is 11.9 Å². The second-order valence-electron chi connectivity index (χ2n) is 10.8. The molecule has 0 bridgehead atoms. The number of aliphatic hydroxyl groups excluding tert-OH is 1. The van der Waals surface area contributed by atoms with Gasteiger partial charge in [0.25, 0.3) is 5.91 Å². The van der Waals surface area contributed by atoms with Crippen LogP contribution < -0.4 is 14.7 Å². The maximum absolute atomic E-state index is 14.0. The molecule has 3 aliphatic heterocycles. The molecule has 0 radical (unpaired) electrons. The molecule has 3 aliphatic rings. The van der Waals surface area contributed by atoms with Crippen molar-refractivity contribution in [3.05, 3.63) is 65.7 Å². The van der Waals surface area contributed by atoms with Gasteiger partial charge in [0.1, 0.15) is 0 Å². The molecule has 2 saturated heterocycles. The first-order valence-electron chi connectivity index (χ1n) is 14.0. The smallest absolute Gasteiger partial charge is 0.304 e. The molecule has 2 fully saturated rings. The topological polar surface area (TPSA) is 154 Å². The summed E-state index contributed by atoms with van der Waals surface area (Å²) in [5.41, 5.74) is 0.234. The number of aliphatic hydroxyl groups is 2. The number of nitrogens with zero attached hydrogens (tertiary/aromatic N) is 3. The van der Waals surface area contributed by atoms with Crippen LogP contribution in [0.5, 0.6) is 0 Å². The van der Waals surface area contributed by atoms with Gasteiger partial charge in [-0.2, -0.15) is 0 Å². The lowest BCUT2D eigenvalue weighted by molar-refractivity contribution is -0.155. The minimum Gasteiger partial charge on any atom is -0.441 e. The van der Waals surface area contributed by atoms with Crippen LogP contribution in [0.4, 0.5) is 17.1 Å². The lowest BCUT2D eigenvalue weighted by Crippen LogP contribution is -2.55. The Labute approximate surface area is 248 Å². The van der Waals surface area contributed by atoms with Crippen molar-refractivity contribution in [3.63, 3.8) is 0 Å². The third kappa shape index (κ3) is 5.39. The highest BCUT2D eigenvalue weighted by Crippen LogP contribution is 2.48. The van der Waals surface area contributed by atoms with Crippen LogP contribution >= 0.6 is 0 Å². The zero-order valence-corrected chi connectivity index (χ0v) is 24.1. The van der Waals surface area contributed by atoms with Crippen LogP contribution in [0.15, 0.2) is 54.6 Å². The molecule has 3 amide bonds. The fraction of sp³-hybridized carbons (Fsp3) is 0.387. The number of benzene rings is 2. The lowest BCUT2D eigenvalue weighted by Gasteiger charge is -2.39. The Morgan fingerprint density at radius 3 is 2.14 bits per heavy atom. The Balaban J connectivity index is 1.49. The van der Waals surface area contributed by atoms with Crippen LogP contribution in [0.2, 0.25) is 0 Å². The number of anilines is 3. The van der Waals surface area contributed by atoms with Crippen molar-refractivity contribution in [3.8, 4) is 0 Å². The van der Waals surface area contributed by atoms with E-state index in [4.69, 9.17) is 9.47 Å². The predicted octanol–water partition coefficient (Wildman–Crippen LogP) is 2.25. The second kappa shape index (κ2) is 11.6. The van der Waals surface area contributed by atoms with Crippen LogP contribution in [-0.2, 0) is 45.6 Å². The second-order valence-corrected chi connectivity index (χ2v) is 10.8. The molecule has 0 aliphatic carbocycles. The van der Waals surface area contributed by atoms with E-state index < -0.39 is 41.8 Å². The summed E-state index contributed by atoms with van der Waals surface area (Å²) >= 11 is 0. The molecule has 2 aromatic carbocycles. The number of rotatable bonds is 10. The Kier molecular flexibility index (Phi) is 8.08. The zero-order chi connectivity index (χ0) is 31.1. The van der Waals surface area contributed by atoms with Crippen LogP contribution in [0, 0.1) is 5.92 Å². The summed E-state index contributed by atoms with van der Waals surface area (Å²) in [5.74, 6) is -2.81. The van der Waals surface area contributed by atoms with E-state index in [2.05, 4.69) is 0 Å². The molecule has 43 heavy (non-hydrogen) atoms. The van der Waals surface area contributed by atoms with E-state index >= 15 is 0 Å². The Hall–Kier alpha value is -4.55. The Bertz CT molecular complexity index is 1520. The molecule has 0 aromatic heterocycles. The van der Waals surface area contributed by atoms with E-state index in [9.17, 15) is 34.2 Å². The van der Waals surface area contributed by atoms with Gasteiger partial charge < -0.3 is 24.6 Å². The van der Waals surface area contributed by atoms with Crippen LogP contribution in [0.25, 0.3) is 0 Å². The van der Waals surface area contributed by atoms with Crippen molar-refractivity contribution in [2.75, 3.05) is 21.3 Å². The summed E-state index contributed by atoms with van der Waals surface area (Å²) in [7, 11) is 0. The van der Waals surface area contributed by atoms with Crippen molar-refractivity contribution in [1.82, 2.24) is 0 Å². The Morgan fingerprint density at radius 2 is 1.58 bits per heavy atom. The van der Waals surface area contributed by atoms with Crippen LogP contribution in [0.3, 0.4) is 0 Å². The molecule has 0 spiro atoms. The monoisotopic (exact) mass is 591 g/mol. The number of fused-ring (bicyclic) bond motifs is 1. The average molecular weight is 592 g/mol. The fourth-order valence-corrected chi connectivity index (χ4v) is 5.71. The van der Waals surface area contributed by atoms with E-state index in [1.54, 1.807) is 61.5 Å². The summed E-state index contributed by atoms with van der Waals surface area (Å²) in [6.07, 6.45) is 2.31. The van der Waals surface area contributed by atoms with Gasteiger partial charge in [-0.05, 0) is 42.3 Å². The van der Waals surface area contributed by atoms with Gasteiger partial charge in [0.05, 0.1) is 25.1 Å². The van der Waals surface area contributed by atoms with Gasteiger partial charge in [0.2, 0.25) is 11.8 Å². The van der Waals surface area contributed by atoms with Gasteiger partial charge in [0.15, 0.2) is 18.1 Å². The lowest BCUT2D eigenvalue weighted by atomic mass is 9.82. The highest BCUT2D eigenvalue weighted by atomic mass is 16.6. The van der Waals surface area contributed by atoms with E-state index in [-0.39, 0.29) is 43.4 Å². The Morgan fingerprint density at radius 1 is 0.977 bits per heavy atom. The minimum atomic E-state index is -2.01. The average Bonchev–Trinajstić information content (AvgIpc) is 3.14. The highest BCUT2D eigenvalue weighted by Gasteiger charge is 2.53. The molecule has 4 atom stereocenters. The first-order valence-corrected chi connectivity index (χ1v) is 14.0. The predicted molar refractivity (Wildman–Crippen MR) is 153 cm³/mol. The molecule has 226 valence electrons. The number of β-lactam (4-membered cyclic amide) rings is 2. The summed E-state index contributed by atoms with van der Waals surface area (Å²) in [6, 6.07) is 11.8. The van der Waals surface area contributed by atoms with Gasteiger partial charge in [-0.25, -0.2) is 0 Å². The number of carbonyl (C=O) groups is 5. The molecule has 3 heterocycles. The summed E-state index contributed by atoms with van der Waals surface area (Å²) < 4.78 is 10.5. The van der Waals surface area contributed by atoms with Crippen molar-refractivity contribution >= 4 is 46.7 Å². The third-order valence-corrected chi connectivity index (χ3v) is 7.86. The number of carbonyl (C=O) groups excluding carboxylic acids is 5. The molecule has 12 nitrogen and oxygen atoms in total. The normalized spacial score (nSPS) is 23.7. The first kappa shape index (κ1) is 29.9. The summed E-state index contributed by atoms with van der Waals surface area (Å²) in [5, 5.41) is 21.3. The number of ether oxygens (including phenoxy) is 2. The SMILES string of the molecule is CC(=O)OC1CC(=O)N1c1cccc(CN2C(=O)[C@@](O)([C@@H](C)/C=C/CCO)c3cc(N4C(=O)CC4OC(C)=O)ccc32)c1. The number of esters is 2. The van der Waals surface area contributed by atoms with Crippen molar-refractivity contribution in [1.29, 1.82) is 0 Å². The molecular formula is C31H33N3O9. The van der Waals surface area contributed by atoms with Crippen LogP contribution in [0.1, 0.15) is 51.2 Å². The minimum absolute atomic E-state index is 0.0282. The van der Waals surface area contributed by atoms with E-state index in [0.717, 1.165) is 0 Å². The molecule has 12 heteroatoms. The van der Waals surface area contributed by atoms with Crippen LogP contribution in [-0.4, -0.2) is 58.9 Å². The molecule has 5 rings (SSSR count). The highest BCUT2D eigenvalue weighted by molar-refractivity contribution is 6.08. The first-order chi connectivity index (χ1) is 20.4. The van der Waals surface area contributed by atoms with E-state index in [1.165, 1.54) is 28.5 Å². The summed E-state index contributed by atoms with van der Waals surface area (Å²) in [4.78, 5) is 66.0. The van der Waals surface area contributed by atoms with Gasteiger partial charge in [0, 0.05) is 43.3 Å². The number of hydrogen-bond acceptors (Lipinski definition) is 9. The van der Waals surface area contributed by atoms with E-state index in [1.807, 2.05) is 0 Å². The summed E-state index contributed by atoms with van der Waals surface area (Å²) in [6.45, 7) is 4.17. The van der Waals surface area contributed by atoms with Crippen molar-refractivity contribution in [2.24, 2.45) is 5.92 Å². The molecule has 2 N–H and O–H groups in total. The maximum atomic E-state index is 14.0. The standard InChI is InChI=1S/C31H33N3O9/c1-18(7-4-5-12-35)31(41)24-14-23(34-27(39)16-29(34)43-20(3)37)10-11-25(24)32(30(31)40)17-21-8-6-9-22(13-21)33-26(38)15-28(33)42-19(2)36/h4,6-11,13-14,18,28-29,35,41H,5,12,15-17H2,1-3H3/b7-4+/t18-,28?,29?,31+/m0/s1. The molecular weight excluding hydrogens is 558 g/mol. The van der Waals surface area contributed by atoms with Gasteiger partial charge in [-0.3, -0.25) is 33.8 Å². The van der Waals surface area contributed by atoms with Crippen molar-refractivity contribution in [2.45, 2.75) is 64.6 Å². The fourth-order valence-electron chi connectivity index (χ4n) is 5.71. The van der Waals surface area contributed by atoms with Gasteiger partial charge in [-0.1, -0.05) is 31.2 Å². The maximum Gasteiger partial charge on any atom is 0.304 e. The van der Waals surface area contributed by atoms with Gasteiger partial charge in [-0.15, -0.1) is 0 Å². The number of hydrogen-bond donors (Lipinski definition) is 2. The third-order valence-electron chi connectivity index (χ3n) is 7.86. The molecule has 2 aromatic rings. The molecule has 0 saturated carbocycles. The van der Waals surface area contributed by atoms with Crippen molar-refractivity contribution < 1.29 is 43.7 Å². The van der Waals surface area contributed by atoms with E-state index in [0.29, 0.717) is 29.0 Å². The largest absolute Gasteiger partial charge is 0.441 e. The number of amides is 3.